The molecule has 19 heavy (non-hydrogen) atoms. The number of hydrogen-bond donors (Lipinski definition) is 2. The quantitative estimate of drug-likeness (QED) is 0.808. The molecule has 0 aliphatic rings. The Morgan fingerprint density at radius 2 is 2.21 bits per heavy atom. The van der Waals surface area contributed by atoms with Crippen LogP contribution in [-0.4, -0.2) is 25.2 Å². The minimum Gasteiger partial charge on any atom is -0.395 e. The molecule has 2 aromatic heterocycles. The van der Waals surface area contributed by atoms with Crippen LogP contribution >= 0.6 is 0 Å². The van der Waals surface area contributed by atoms with E-state index in [4.69, 9.17) is 11.5 Å². The van der Waals surface area contributed by atoms with Crippen molar-refractivity contribution in [3.05, 3.63) is 29.6 Å². The number of imidazole rings is 1. The van der Waals surface area contributed by atoms with Gasteiger partial charge in [-0.1, -0.05) is 13.3 Å². The van der Waals surface area contributed by atoms with Gasteiger partial charge >= 0.3 is 0 Å². The molecule has 7 nitrogen and oxygen atoms in total. The molecule has 1 amide bonds. The van der Waals surface area contributed by atoms with Crippen LogP contribution < -0.4 is 11.5 Å². The van der Waals surface area contributed by atoms with E-state index < -0.39 is 5.91 Å². The predicted octanol–water partition coefficient (Wildman–Crippen LogP) is 0.299. The Labute approximate surface area is 111 Å². The third kappa shape index (κ3) is 2.44. The predicted molar refractivity (Wildman–Crippen MR) is 71.5 cm³/mol. The summed E-state index contributed by atoms with van der Waals surface area (Å²) in [6.45, 7) is 2.40. The van der Waals surface area contributed by atoms with E-state index in [0.717, 1.165) is 18.7 Å². The highest BCUT2D eigenvalue weighted by Crippen LogP contribution is 2.19. The van der Waals surface area contributed by atoms with Gasteiger partial charge in [0.1, 0.15) is 18.1 Å². The van der Waals surface area contributed by atoms with E-state index in [0.29, 0.717) is 17.9 Å². The standard InChI is InChI=1S/C12H18N6O/c1-3-4-8-10(13)11(12(14)19)18(16-8)7-9-15-5-6-17(9)2/h5-6H,3-4,7,13H2,1-2H3,(H2,14,19). The molecule has 102 valence electrons. The average molecular weight is 262 g/mol. The molecule has 0 aliphatic heterocycles. The Kier molecular flexibility index (Phi) is 3.55. The van der Waals surface area contributed by atoms with Crippen molar-refractivity contribution in [3.8, 4) is 0 Å². The maximum absolute atomic E-state index is 11.5. The summed E-state index contributed by atoms with van der Waals surface area (Å²) in [5.74, 6) is 0.217. The van der Waals surface area contributed by atoms with Gasteiger partial charge in [-0.15, -0.1) is 0 Å². The van der Waals surface area contributed by atoms with Crippen LogP contribution in [0, 0.1) is 0 Å². The van der Waals surface area contributed by atoms with E-state index in [9.17, 15) is 4.79 Å². The zero-order chi connectivity index (χ0) is 14.0. The van der Waals surface area contributed by atoms with Crippen LogP contribution in [0.3, 0.4) is 0 Å². The van der Waals surface area contributed by atoms with Gasteiger partial charge in [0.2, 0.25) is 0 Å². The Bertz CT molecular complexity index is 597. The van der Waals surface area contributed by atoms with Crippen molar-refractivity contribution < 1.29 is 4.79 Å². The first-order chi connectivity index (χ1) is 9.04. The van der Waals surface area contributed by atoms with Gasteiger partial charge in [0.15, 0.2) is 0 Å². The molecular formula is C12H18N6O. The van der Waals surface area contributed by atoms with Gasteiger partial charge in [-0.3, -0.25) is 4.79 Å². The largest absolute Gasteiger partial charge is 0.395 e. The minimum atomic E-state index is -0.568. The number of nitrogens with two attached hydrogens (primary N) is 2. The summed E-state index contributed by atoms with van der Waals surface area (Å²) < 4.78 is 3.40. The highest BCUT2D eigenvalue weighted by atomic mass is 16.1. The van der Waals surface area contributed by atoms with Crippen LogP contribution in [0.2, 0.25) is 0 Å². The summed E-state index contributed by atoms with van der Waals surface area (Å²) in [6.07, 6.45) is 5.15. The normalized spacial score (nSPS) is 10.8. The van der Waals surface area contributed by atoms with Gasteiger partial charge in [-0.25, -0.2) is 9.67 Å². The maximum Gasteiger partial charge on any atom is 0.269 e. The number of anilines is 1. The second kappa shape index (κ2) is 5.13. The van der Waals surface area contributed by atoms with Crippen molar-refractivity contribution in [2.24, 2.45) is 12.8 Å². The second-order valence-corrected chi connectivity index (χ2v) is 4.44. The van der Waals surface area contributed by atoms with E-state index in [-0.39, 0.29) is 5.69 Å². The lowest BCUT2D eigenvalue weighted by molar-refractivity contribution is 0.0991. The number of amides is 1. The lowest BCUT2D eigenvalue weighted by Gasteiger charge is -2.05. The second-order valence-electron chi connectivity index (χ2n) is 4.44. The van der Waals surface area contributed by atoms with Crippen molar-refractivity contribution in [2.75, 3.05) is 5.73 Å². The molecule has 0 unspecified atom stereocenters. The van der Waals surface area contributed by atoms with E-state index in [1.165, 1.54) is 4.68 Å². The first-order valence-corrected chi connectivity index (χ1v) is 6.15. The number of carbonyl (C=O) groups excluding carboxylic acids is 1. The van der Waals surface area contributed by atoms with Gasteiger partial charge in [-0.05, 0) is 6.42 Å². The smallest absolute Gasteiger partial charge is 0.269 e. The minimum absolute atomic E-state index is 0.256. The van der Waals surface area contributed by atoms with Crippen molar-refractivity contribution in [2.45, 2.75) is 26.3 Å². The summed E-state index contributed by atoms with van der Waals surface area (Å²) in [7, 11) is 1.88. The molecular weight excluding hydrogens is 244 g/mol. The average Bonchev–Trinajstić information content (AvgIpc) is 2.86. The highest BCUT2D eigenvalue weighted by molar-refractivity contribution is 5.96. The van der Waals surface area contributed by atoms with Crippen molar-refractivity contribution in [1.29, 1.82) is 0 Å². The lowest BCUT2D eigenvalue weighted by Crippen LogP contribution is -2.20. The zero-order valence-electron chi connectivity index (χ0n) is 11.1. The monoisotopic (exact) mass is 262 g/mol. The highest BCUT2D eigenvalue weighted by Gasteiger charge is 2.20. The molecule has 0 saturated carbocycles. The zero-order valence-corrected chi connectivity index (χ0v) is 11.1. The van der Waals surface area contributed by atoms with Crippen LogP contribution in [0.1, 0.15) is 35.4 Å². The number of nitrogens with zero attached hydrogens (tertiary/aromatic N) is 4. The molecule has 0 saturated heterocycles. The Morgan fingerprint density at radius 3 is 2.74 bits per heavy atom. The topological polar surface area (TPSA) is 105 Å². The molecule has 0 fully saturated rings. The molecule has 0 aliphatic carbocycles. The number of aryl methyl sites for hydroxylation is 2. The van der Waals surface area contributed by atoms with Crippen LogP contribution in [0.25, 0.3) is 0 Å². The van der Waals surface area contributed by atoms with Crippen molar-refractivity contribution in [3.63, 3.8) is 0 Å². The molecule has 0 radical (unpaired) electrons. The fraction of sp³-hybridized carbons (Fsp3) is 0.417. The summed E-state index contributed by atoms with van der Waals surface area (Å²) in [6, 6.07) is 0. The number of hydrogen-bond acceptors (Lipinski definition) is 4. The molecule has 0 aromatic carbocycles. The molecule has 0 bridgehead atoms. The molecule has 0 spiro atoms. The summed E-state index contributed by atoms with van der Waals surface area (Å²) in [5, 5.41) is 4.37. The molecule has 4 N–H and O–H groups in total. The number of nitrogen functional groups attached to an aromatic ring is 1. The number of rotatable bonds is 5. The fourth-order valence-electron chi connectivity index (χ4n) is 2.00. The molecule has 2 rings (SSSR count). The van der Waals surface area contributed by atoms with E-state index in [1.54, 1.807) is 6.20 Å². The molecule has 7 heteroatoms. The summed E-state index contributed by atoms with van der Waals surface area (Å²) in [5.41, 5.74) is 12.7. The third-order valence-corrected chi connectivity index (χ3v) is 3.00. The summed E-state index contributed by atoms with van der Waals surface area (Å²) in [4.78, 5) is 15.7. The number of primary amides is 1. The maximum atomic E-state index is 11.5. The van der Waals surface area contributed by atoms with Crippen molar-refractivity contribution in [1.82, 2.24) is 19.3 Å². The van der Waals surface area contributed by atoms with Crippen LogP contribution in [0.5, 0.6) is 0 Å². The van der Waals surface area contributed by atoms with Crippen LogP contribution in [0.4, 0.5) is 5.69 Å². The Morgan fingerprint density at radius 1 is 1.47 bits per heavy atom. The number of aromatic nitrogens is 4. The van der Waals surface area contributed by atoms with Crippen molar-refractivity contribution >= 4 is 11.6 Å². The van der Waals surface area contributed by atoms with Crippen LogP contribution in [0.15, 0.2) is 12.4 Å². The Balaban J connectivity index is 2.41. The van der Waals surface area contributed by atoms with Gasteiger partial charge in [0, 0.05) is 19.4 Å². The molecule has 0 atom stereocenters. The number of carbonyl (C=O) groups is 1. The third-order valence-electron chi connectivity index (χ3n) is 3.00. The van der Waals surface area contributed by atoms with Crippen LogP contribution in [-0.2, 0) is 20.0 Å². The first-order valence-electron chi connectivity index (χ1n) is 6.15. The van der Waals surface area contributed by atoms with E-state index in [1.807, 2.05) is 24.7 Å². The first kappa shape index (κ1) is 13.1. The van der Waals surface area contributed by atoms with Gasteiger partial charge < -0.3 is 16.0 Å². The van der Waals surface area contributed by atoms with Gasteiger partial charge in [0.25, 0.3) is 5.91 Å². The summed E-state index contributed by atoms with van der Waals surface area (Å²) >= 11 is 0. The lowest BCUT2D eigenvalue weighted by atomic mass is 10.2. The van der Waals surface area contributed by atoms with E-state index in [2.05, 4.69) is 10.1 Å². The SMILES string of the molecule is CCCc1nn(Cc2nccn2C)c(C(N)=O)c1N. The van der Waals surface area contributed by atoms with Gasteiger partial charge in [0.05, 0.1) is 11.4 Å². The fourth-order valence-corrected chi connectivity index (χ4v) is 2.00. The molecule has 2 heterocycles. The van der Waals surface area contributed by atoms with Gasteiger partial charge in [-0.2, -0.15) is 5.10 Å². The molecule has 2 aromatic rings. The Hall–Kier alpha value is -2.31. The van der Waals surface area contributed by atoms with E-state index >= 15 is 0 Å².